The number of nitrogens with two attached hydrogens (primary N) is 1. The fourth-order valence-electron chi connectivity index (χ4n) is 3.43. The Morgan fingerprint density at radius 1 is 1.41 bits per heavy atom. The maximum atomic E-state index is 12.2. The maximum Gasteiger partial charge on any atom is 0.227 e. The van der Waals surface area contributed by atoms with E-state index in [1.54, 1.807) is 0 Å². The van der Waals surface area contributed by atoms with Crippen LogP contribution in [0.3, 0.4) is 0 Å². The quantitative estimate of drug-likeness (QED) is 0.764. The second-order valence-corrected chi connectivity index (χ2v) is 6.28. The van der Waals surface area contributed by atoms with E-state index < -0.39 is 0 Å². The molecule has 4 heteroatoms. The van der Waals surface area contributed by atoms with Crippen molar-refractivity contribution >= 4 is 5.91 Å². The zero-order valence-corrected chi connectivity index (χ0v) is 10.4. The van der Waals surface area contributed by atoms with Crippen LogP contribution in [-0.2, 0) is 9.53 Å². The topological polar surface area (TPSA) is 64.3 Å². The Morgan fingerprint density at radius 2 is 2.12 bits per heavy atom. The molecule has 1 unspecified atom stereocenters. The lowest BCUT2D eigenvalue weighted by molar-refractivity contribution is -0.127. The molecule has 3 aliphatic rings. The molecule has 3 rings (SSSR count). The molecule has 1 saturated carbocycles. The first kappa shape index (κ1) is 11.5. The number of amides is 1. The molecule has 2 bridgehead atoms. The Morgan fingerprint density at radius 3 is 2.65 bits per heavy atom. The molecule has 2 heterocycles. The smallest absolute Gasteiger partial charge is 0.227 e. The molecule has 1 amide bonds. The third-order valence-electron chi connectivity index (χ3n) is 4.88. The summed E-state index contributed by atoms with van der Waals surface area (Å²) in [7, 11) is 0. The van der Waals surface area contributed by atoms with Gasteiger partial charge in [-0.15, -0.1) is 0 Å². The second-order valence-electron chi connectivity index (χ2n) is 6.28. The van der Waals surface area contributed by atoms with Crippen molar-refractivity contribution in [2.24, 2.45) is 17.1 Å². The minimum Gasteiger partial charge on any atom is -0.372 e. The van der Waals surface area contributed by atoms with Crippen LogP contribution in [0.1, 0.15) is 39.0 Å². The van der Waals surface area contributed by atoms with Gasteiger partial charge in [0.2, 0.25) is 5.91 Å². The number of nitrogens with one attached hydrogen (secondary N) is 1. The van der Waals surface area contributed by atoms with E-state index in [-0.39, 0.29) is 30.1 Å². The van der Waals surface area contributed by atoms with E-state index in [9.17, 15) is 4.79 Å². The fourth-order valence-corrected chi connectivity index (χ4v) is 3.43. The van der Waals surface area contributed by atoms with Gasteiger partial charge in [0.1, 0.15) is 0 Å². The van der Waals surface area contributed by atoms with Crippen molar-refractivity contribution in [3.8, 4) is 0 Å². The summed E-state index contributed by atoms with van der Waals surface area (Å²) in [5.41, 5.74) is 6.40. The number of carbonyl (C=O) groups is 1. The summed E-state index contributed by atoms with van der Waals surface area (Å²) in [6.07, 6.45) is 5.96. The molecule has 0 spiro atoms. The molecule has 2 aliphatic heterocycles. The van der Waals surface area contributed by atoms with Gasteiger partial charge in [0.15, 0.2) is 0 Å². The molecule has 0 aromatic heterocycles. The Labute approximate surface area is 102 Å². The van der Waals surface area contributed by atoms with Gasteiger partial charge in [-0.25, -0.2) is 0 Å². The second kappa shape index (κ2) is 3.95. The minimum atomic E-state index is -0.113. The van der Waals surface area contributed by atoms with Crippen LogP contribution < -0.4 is 11.1 Å². The number of carbonyl (C=O) groups excluding carboxylic acids is 1. The van der Waals surface area contributed by atoms with Gasteiger partial charge in [-0.2, -0.15) is 0 Å². The molecule has 1 aliphatic carbocycles. The van der Waals surface area contributed by atoms with Gasteiger partial charge in [0.05, 0.1) is 18.1 Å². The van der Waals surface area contributed by atoms with Crippen molar-refractivity contribution in [3.63, 3.8) is 0 Å². The van der Waals surface area contributed by atoms with E-state index in [0.717, 1.165) is 19.4 Å². The van der Waals surface area contributed by atoms with Gasteiger partial charge >= 0.3 is 0 Å². The number of rotatable bonds is 3. The van der Waals surface area contributed by atoms with Crippen molar-refractivity contribution in [1.29, 1.82) is 0 Å². The van der Waals surface area contributed by atoms with Crippen molar-refractivity contribution < 1.29 is 9.53 Å². The van der Waals surface area contributed by atoms with Crippen LogP contribution in [0.25, 0.3) is 0 Å². The first-order valence-corrected chi connectivity index (χ1v) is 6.78. The average molecular weight is 238 g/mol. The summed E-state index contributed by atoms with van der Waals surface area (Å²) in [5.74, 6) is -0.00440. The Hall–Kier alpha value is -0.610. The molecular weight excluding hydrogens is 216 g/mol. The van der Waals surface area contributed by atoms with Crippen LogP contribution in [0.5, 0.6) is 0 Å². The third kappa shape index (κ3) is 1.87. The maximum absolute atomic E-state index is 12.2. The molecular formula is C13H22N2O2. The van der Waals surface area contributed by atoms with Crippen LogP contribution in [0, 0.1) is 11.3 Å². The van der Waals surface area contributed by atoms with Crippen LogP contribution in [0.2, 0.25) is 0 Å². The first-order chi connectivity index (χ1) is 8.09. The molecule has 4 atom stereocenters. The van der Waals surface area contributed by atoms with Gasteiger partial charge < -0.3 is 15.8 Å². The van der Waals surface area contributed by atoms with E-state index >= 15 is 0 Å². The summed E-state index contributed by atoms with van der Waals surface area (Å²) in [4.78, 5) is 12.2. The van der Waals surface area contributed by atoms with Crippen LogP contribution in [-0.4, -0.2) is 30.7 Å². The van der Waals surface area contributed by atoms with Gasteiger partial charge in [0.25, 0.3) is 0 Å². The lowest BCUT2D eigenvalue weighted by atomic mass is 9.70. The molecule has 0 radical (unpaired) electrons. The first-order valence-electron chi connectivity index (χ1n) is 6.78. The fraction of sp³-hybridized carbons (Fsp3) is 0.923. The predicted molar refractivity (Wildman–Crippen MR) is 64.3 cm³/mol. The van der Waals surface area contributed by atoms with Crippen molar-refractivity contribution in [1.82, 2.24) is 5.32 Å². The Bertz CT molecular complexity index is 325. The molecule has 96 valence electrons. The van der Waals surface area contributed by atoms with Crippen LogP contribution in [0.15, 0.2) is 0 Å². The number of hydrogen-bond acceptors (Lipinski definition) is 3. The Balaban J connectivity index is 1.56. The van der Waals surface area contributed by atoms with E-state index in [0.29, 0.717) is 5.41 Å². The molecule has 0 aromatic rings. The van der Waals surface area contributed by atoms with Gasteiger partial charge in [0, 0.05) is 12.6 Å². The van der Waals surface area contributed by atoms with E-state index in [1.807, 2.05) is 0 Å². The Kier molecular flexibility index (Phi) is 2.67. The lowest BCUT2D eigenvalue weighted by Crippen LogP contribution is -2.50. The highest BCUT2D eigenvalue weighted by Crippen LogP contribution is 2.40. The predicted octanol–water partition coefficient (Wildman–Crippen LogP) is 0.797. The normalized spacial score (nSPS) is 42.2. The standard InChI is InChI=1S/C13H22N2O2/c1-13(5-2-6-13)7-15-12(16)10-8-3-4-9(17-8)11(10)14/h8-11H,2-7,14H2,1H3,(H,15,16)/t8-,9+,10?,11+/m0/s1. The van der Waals surface area contributed by atoms with Crippen molar-refractivity contribution in [2.45, 2.75) is 57.3 Å². The van der Waals surface area contributed by atoms with Gasteiger partial charge in [-0.05, 0) is 31.1 Å². The van der Waals surface area contributed by atoms with Crippen molar-refractivity contribution in [3.05, 3.63) is 0 Å². The summed E-state index contributed by atoms with van der Waals surface area (Å²) < 4.78 is 5.70. The number of ether oxygens (including phenoxy) is 1. The molecule has 0 aromatic carbocycles. The van der Waals surface area contributed by atoms with Gasteiger partial charge in [-0.1, -0.05) is 13.3 Å². The molecule has 4 nitrogen and oxygen atoms in total. The number of fused-ring (bicyclic) bond motifs is 2. The van der Waals surface area contributed by atoms with Gasteiger partial charge in [-0.3, -0.25) is 4.79 Å². The average Bonchev–Trinajstić information content (AvgIpc) is 2.83. The molecule has 3 N–H and O–H groups in total. The highest BCUT2D eigenvalue weighted by molar-refractivity contribution is 5.80. The molecule has 3 fully saturated rings. The zero-order valence-electron chi connectivity index (χ0n) is 10.4. The van der Waals surface area contributed by atoms with Crippen LogP contribution >= 0.6 is 0 Å². The third-order valence-corrected chi connectivity index (χ3v) is 4.88. The van der Waals surface area contributed by atoms with E-state index in [4.69, 9.17) is 10.5 Å². The lowest BCUT2D eigenvalue weighted by Gasteiger charge is -2.39. The number of hydrogen-bond donors (Lipinski definition) is 2. The monoisotopic (exact) mass is 238 g/mol. The highest BCUT2D eigenvalue weighted by atomic mass is 16.5. The van der Waals surface area contributed by atoms with E-state index in [2.05, 4.69) is 12.2 Å². The highest BCUT2D eigenvalue weighted by Gasteiger charge is 2.50. The summed E-state index contributed by atoms with van der Waals surface area (Å²) >= 11 is 0. The minimum absolute atomic E-state index is 0.0733. The van der Waals surface area contributed by atoms with Crippen molar-refractivity contribution in [2.75, 3.05) is 6.54 Å². The summed E-state index contributed by atoms with van der Waals surface area (Å²) in [6, 6.07) is -0.0945. The molecule has 17 heavy (non-hydrogen) atoms. The van der Waals surface area contributed by atoms with E-state index in [1.165, 1.54) is 19.3 Å². The SMILES string of the molecule is CC1(CNC(=O)C2[C@@H]3CC[C@@H](O3)[C@H]2N)CCC1. The summed E-state index contributed by atoms with van der Waals surface area (Å²) in [5, 5.41) is 3.08. The summed E-state index contributed by atoms with van der Waals surface area (Å²) in [6.45, 7) is 3.04. The largest absolute Gasteiger partial charge is 0.372 e. The van der Waals surface area contributed by atoms with Crippen LogP contribution in [0.4, 0.5) is 0 Å². The molecule has 2 saturated heterocycles. The zero-order chi connectivity index (χ0) is 12.0.